The molecule has 1 aromatic carbocycles. The van der Waals surface area contributed by atoms with Crippen LogP contribution in [0.15, 0.2) is 23.2 Å². The van der Waals surface area contributed by atoms with Crippen LogP contribution in [0.4, 0.5) is 10.1 Å². The second-order valence-electron chi connectivity index (χ2n) is 1.98. The molecular formula is C8H8FNO. The molecule has 0 spiro atoms. The van der Waals surface area contributed by atoms with Gasteiger partial charge in [0.15, 0.2) is 5.82 Å². The molecule has 0 aliphatic carbocycles. The largest absolute Gasteiger partial charge is 0.497 e. The van der Waals surface area contributed by atoms with E-state index in [0.29, 0.717) is 5.75 Å². The number of methoxy groups -OCH3 is 1. The number of rotatable bonds is 2. The zero-order valence-corrected chi connectivity index (χ0v) is 6.17. The maximum atomic E-state index is 12.8. The van der Waals surface area contributed by atoms with Crippen LogP contribution in [0.2, 0.25) is 0 Å². The Morgan fingerprint density at radius 2 is 2.27 bits per heavy atom. The molecule has 0 saturated heterocycles. The van der Waals surface area contributed by atoms with Gasteiger partial charge in [-0.2, -0.15) is 0 Å². The summed E-state index contributed by atoms with van der Waals surface area (Å²) in [5.41, 5.74) is 0.241. The minimum absolute atomic E-state index is 0.241. The zero-order valence-electron chi connectivity index (χ0n) is 6.17. The van der Waals surface area contributed by atoms with Gasteiger partial charge >= 0.3 is 0 Å². The molecule has 0 aromatic heterocycles. The second-order valence-corrected chi connectivity index (χ2v) is 1.98. The summed E-state index contributed by atoms with van der Waals surface area (Å²) >= 11 is 0. The molecular weight excluding hydrogens is 145 g/mol. The topological polar surface area (TPSA) is 21.6 Å². The molecule has 1 rings (SSSR count). The van der Waals surface area contributed by atoms with E-state index in [-0.39, 0.29) is 5.69 Å². The fourth-order valence-corrected chi connectivity index (χ4v) is 0.743. The Labute approximate surface area is 64.3 Å². The molecule has 2 nitrogen and oxygen atoms in total. The Balaban J connectivity index is 3.09. The molecule has 1 aromatic rings. The number of aliphatic imine (C=N–C) groups is 1. The van der Waals surface area contributed by atoms with Crippen molar-refractivity contribution < 1.29 is 9.13 Å². The number of hydrogen-bond acceptors (Lipinski definition) is 2. The maximum Gasteiger partial charge on any atom is 0.152 e. The van der Waals surface area contributed by atoms with Crippen molar-refractivity contribution in [2.75, 3.05) is 7.11 Å². The van der Waals surface area contributed by atoms with E-state index in [4.69, 9.17) is 4.74 Å². The summed E-state index contributed by atoms with van der Waals surface area (Å²) in [7, 11) is 1.48. The number of halogens is 1. The van der Waals surface area contributed by atoms with E-state index in [9.17, 15) is 4.39 Å². The fraction of sp³-hybridized carbons (Fsp3) is 0.125. The average molecular weight is 153 g/mol. The summed E-state index contributed by atoms with van der Waals surface area (Å²) in [6.07, 6.45) is 0. The summed E-state index contributed by atoms with van der Waals surface area (Å²) in [4.78, 5) is 3.46. The Morgan fingerprint density at radius 3 is 2.73 bits per heavy atom. The van der Waals surface area contributed by atoms with Crippen molar-refractivity contribution in [1.29, 1.82) is 0 Å². The highest BCUT2D eigenvalue weighted by molar-refractivity contribution is 5.48. The van der Waals surface area contributed by atoms with Gasteiger partial charge in [-0.15, -0.1) is 0 Å². The summed E-state index contributed by atoms with van der Waals surface area (Å²) in [5.74, 6) is 0.0641. The predicted octanol–water partition coefficient (Wildman–Crippen LogP) is 2.17. The summed E-state index contributed by atoms with van der Waals surface area (Å²) in [6.45, 7) is 3.22. The molecule has 3 heteroatoms. The molecule has 58 valence electrons. The number of hydrogen-bond donors (Lipinski definition) is 0. The number of ether oxygens (including phenoxy) is 1. The molecule has 0 aliphatic rings. The lowest BCUT2D eigenvalue weighted by atomic mass is 10.3. The van der Waals surface area contributed by atoms with Crippen molar-refractivity contribution in [2.45, 2.75) is 0 Å². The van der Waals surface area contributed by atoms with Gasteiger partial charge in [-0.05, 0) is 18.9 Å². The van der Waals surface area contributed by atoms with E-state index in [2.05, 4.69) is 11.7 Å². The van der Waals surface area contributed by atoms with Crippen molar-refractivity contribution in [1.82, 2.24) is 0 Å². The standard InChI is InChI=1S/C8H8FNO/c1-10-8-4-3-6(11-2)5-7(8)9/h3-5H,1H2,2H3. The normalized spacial score (nSPS) is 9.27. The van der Waals surface area contributed by atoms with Gasteiger partial charge in [0.05, 0.1) is 12.8 Å². The Hall–Kier alpha value is -1.38. The monoisotopic (exact) mass is 153 g/mol. The highest BCUT2D eigenvalue weighted by atomic mass is 19.1. The zero-order chi connectivity index (χ0) is 8.27. The van der Waals surface area contributed by atoms with Crippen LogP contribution < -0.4 is 4.74 Å². The first-order chi connectivity index (χ1) is 5.27. The molecule has 0 saturated carbocycles. The molecule has 11 heavy (non-hydrogen) atoms. The van der Waals surface area contributed by atoms with Gasteiger partial charge in [-0.25, -0.2) is 4.39 Å². The fourth-order valence-electron chi connectivity index (χ4n) is 0.743. The van der Waals surface area contributed by atoms with Gasteiger partial charge in [0.25, 0.3) is 0 Å². The smallest absolute Gasteiger partial charge is 0.152 e. The average Bonchev–Trinajstić information content (AvgIpc) is 2.04. The van der Waals surface area contributed by atoms with Gasteiger partial charge in [0.1, 0.15) is 5.75 Å². The van der Waals surface area contributed by atoms with Gasteiger partial charge in [-0.3, -0.25) is 4.99 Å². The Kier molecular flexibility index (Phi) is 2.21. The van der Waals surface area contributed by atoms with Crippen LogP contribution in [-0.4, -0.2) is 13.8 Å². The van der Waals surface area contributed by atoms with Gasteiger partial charge in [-0.1, -0.05) is 0 Å². The van der Waals surface area contributed by atoms with E-state index in [1.165, 1.54) is 19.2 Å². The van der Waals surface area contributed by atoms with E-state index in [1.807, 2.05) is 0 Å². The lowest BCUT2D eigenvalue weighted by Crippen LogP contribution is -1.83. The van der Waals surface area contributed by atoms with Crippen LogP contribution in [0.3, 0.4) is 0 Å². The van der Waals surface area contributed by atoms with Crippen LogP contribution in [0.5, 0.6) is 5.75 Å². The minimum atomic E-state index is -0.417. The van der Waals surface area contributed by atoms with E-state index in [0.717, 1.165) is 0 Å². The molecule has 0 amide bonds. The Bertz CT molecular complexity index is 273. The predicted molar refractivity (Wildman–Crippen MR) is 42.2 cm³/mol. The maximum absolute atomic E-state index is 12.8. The van der Waals surface area contributed by atoms with E-state index >= 15 is 0 Å². The lowest BCUT2D eigenvalue weighted by molar-refractivity contribution is 0.411. The van der Waals surface area contributed by atoms with Crippen molar-refractivity contribution in [3.63, 3.8) is 0 Å². The van der Waals surface area contributed by atoms with Gasteiger partial charge < -0.3 is 4.74 Å². The molecule has 0 aliphatic heterocycles. The van der Waals surface area contributed by atoms with Crippen LogP contribution >= 0.6 is 0 Å². The van der Waals surface area contributed by atoms with Gasteiger partial charge in [0.2, 0.25) is 0 Å². The summed E-state index contributed by atoms with van der Waals surface area (Å²) < 4.78 is 17.6. The number of nitrogens with zero attached hydrogens (tertiary/aromatic N) is 1. The first-order valence-electron chi connectivity index (χ1n) is 3.08. The van der Waals surface area contributed by atoms with Crippen LogP contribution in [0.1, 0.15) is 0 Å². The van der Waals surface area contributed by atoms with Crippen molar-refractivity contribution >= 4 is 12.4 Å². The third-order valence-corrected chi connectivity index (χ3v) is 1.33. The highest BCUT2D eigenvalue weighted by Crippen LogP contribution is 2.21. The lowest BCUT2D eigenvalue weighted by Gasteiger charge is -1.99. The summed E-state index contributed by atoms with van der Waals surface area (Å²) in [6, 6.07) is 4.41. The molecule has 0 atom stereocenters. The molecule has 0 unspecified atom stereocenters. The van der Waals surface area contributed by atoms with E-state index in [1.54, 1.807) is 6.07 Å². The summed E-state index contributed by atoms with van der Waals surface area (Å²) in [5, 5.41) is 0. The molecule has 0 fully saturated rings. The van der Waals surface area contributed by atoms with E-state index < -0.39 is 5.82 Å². The number of benzene rings is 1. The molecule has 0 radical (unpaired) electrons. The minimum Gasteiger partial charge on any atom is -0.497 e. The van der Waals surface area contributed by atoms with Crippen LogP contribution in [-0.2, 0) is 0 Å². The van der Waals surface area contributed by atoms with Crippen molar-refractivity contribution in [3.05, 3.63) is 24.0 Å². The van der Waals surface area contributed by atoms with Crippen LogP contribution in [0, 0.1) is 5.82 Å². The SMILES string of the molecule is C=Nc1ccc(OC)cc1F. The highest BCUT2D eigenvalue weighted by Gasteiger charge is 1.99. The van der Waals surface area contributed by atoms with Gasteiger partial charge in [0, 0.05) is 6.07 Å². The Morgan fingerprint density at radius 1 is 1.55 bits per heavy atom. The van der Waals surface area contributed by atoms with Crippen molar-refractivity contribution in [2.24, 2.45) is 4.99 Å². The molecule has 0 N–H and O–H groups in total. The molecule has 0 heterocycles. The second kappa shape index (κ2) is 3.14. The first kappa shape index (κ1) is 7.72. The van der Waals surface area contributed by atoms with Crippen molar-refractivity contribution in [3.8, 4) is 5.75 Å². The molecule has 0 bridgehead atoms. The quantitative estimate of drug-likeness (QED) is 0.596. The third-order valence-electron chi connectivity index (χ3n) is 1.33. The van der Waals surface area contributed by atoms with Crippen LogP contribution in [0.25, 0.3) is 0 Å². The first-order valence-corrected chi connectivity index (χ1v) is 3.08. The third kappa shape index (κ3) is 1.55.